The molecule has 0 aliphatic carbocycles. The molecule has 1 aliphatic rings. The second-order valence-corrected chi connectivity index (χ2v) is 4.96. The fourth-order valence-electron chi connectivity index (χ4n) is 2.49. The zero-order valence-corrected chi connectivity index (χ0v) is 10.8. The minimum Gasteiger partial charge on any atom is -0.334 e. The van der Waals surface area contributed by atoms with Gasteiger partial charge in [-0.2, -0.15) is 0 Å². The minimum atomic E-state index is -0.268. The van der Waals surface area contributed by atoms with Crippen molar-refractivity contribution in [2.75, 3.05) is 13.1 Å². The molecule has 0 saturated carbocycles. The average molecular weight is 250 g/mol. The van der Waals surface area contributed by atoms with E-state index in [-0.39, 0.29) is 23.8 Å². The molecule has 1 heterocycles. The lowest BCUT2D eigenvalue weighted by molar-refractivity contribution is -0.135. The molecule has 1 amide bonds. The molecule has 0 bridgehead atoms. The third-order valence-electron chi connectivity index (χ3n) is 3.39. The molecule has 2 unspecified atom stereocenters. The Morgan fingerprint density at radius 1 is 1.28 bits per heavy atom. The smallest absolute Gasteiger partial charge is 0.227 e. The summed E-state index contributed by atoms with van der Waals surface area (Å²) in [5.74, 6) is -0.154. The number of benzene rings is 1. The number of nitrogens with zero attached hydrogens (tertiary/aromatic N) is 1. The van der Waals surface area contributed by atoms with Crippen LogP contribution in [0.3, 0.4) is 0 Å². The number of rotatable bonds is 2. The fraction of sp³-hybridized carbons (Fsp3) is 0.500. The van der Waals surface area contributed by atoms with Crippen LogP contribution in [0, 0.1) is 5.82 Å². The number of hydrogen-bond donors (Lipinski definition) is 1. The van der Waals surface area contributed by atoms with Crippen LogP contribution in [-0.2, 0) is 11.2 Å². The second kappa shape index (κ2) is 5.48. The summed E-state index contributed by atoms with van der Waals surface area (Å²) < 4.78 is 12.8. The molecule has 1 aliphatic heterocycles. The van der Waals surface area contributed by atoms with E-state index in [1.807, 2.05) is 18.7 Å². The maximum atomic E-state index is 12.8. The summed E-state index contributed by atoms with van der Waals surface area (Å²) in [5.41, 5.74) is 0.860. The van der Waals surface area contributed by atoms with E-state index in [4.69, 9.17) is 0 Å². The molecule has 1 aromatic carbocycles. The normalized spacial score (nSPS) is 24.1. The van der Waals surface area contributed by atoms with E-state index in [0.29, 0.717) is 6.42 Å². The van der Waals surface area contributed by atoms with Crippen molar-refractivity contribution in [1.29, 1.82) is 0 Å². The summed E-state index contributed by atoms with van der Waals surface area (Å²) in [6.45, 7) is 5.76. The summed E-state index contributed by atoms with van der Waals surface area (Å²) >= 11 is 0. The van der Waals surface area contributed by atoms with Gasteiger partial charge in [0.25, 0.3) is 0 Å². The predicted octanol–water partition coefficient (Wildman–Crippen LogP) is 1.58. The first kappa shape index (κ1) is 13.0. The molecule has 3 nitrogen and oxygen atoms in total. The summed E-state index contributed by atoms with van der Waals surface area (Å²) in [7, 11) is 0. The second-order valence-electron chi connectivity index (χ2n) is 4.96. The van der Waals surface area contributed by atoms with Crippen LogP contribution < -0.4 is 5.32 Å². The molecule has 1 N–H and O–H groups in total. The number of carbonyl (C=O) groups is 1. The highest BCUT2D eigenvalue weighted by Gasteiger charge is 2.28. The monoisotopic (exact) mass is 250 g/mol. The van der Waals surface area contributed by atoms with E-state index < -0.39 is 0 Å². The van der Waals surface area contributed by atoms with Crippen LogP contribution in [0.2, 0.25) is 0 Å². The Kier molecular flexibility index (Phi) is 3.97. The van der Waals surface area contributed by atoms with Crippen molar-refractivity contribution in [3.8, 4) is 0 Å². The third kappa shape index (κ3) is 2.88. The number of nitrogens with one attached hydrogen (secondary N) is 1. The molecule has 4 heteroatoms. The van der Waals surface area contributed by atoms with Crippen molar-refractivity contribution >= 4 is 5.91 Å². The summed E-state index contributed by atoms with van der Waals surface area (Å²) in [4.78, 5) is 14.2. The molecular formula is C14H19FN2O. The van der Waals surface area contributed by atoms with Crippen molar-refractivity contribution in [2.45, 2.75) is 32.4 Å². The van der Waals surface area contributed by atoms with Gasteiger partial charge in [0.2, 0.25) is 5.91 Å². The summed E-state index contributed by atoms with van der Waals surface area (Å²) in [6.07, 6.45) is 0.342. The van der Waals surface area contributed by atoms with Crippen molar-refractivity contribution in [3.05, 3.63) is 35.6 Å². The lowest BCUT2D eigenvalue weighted by Gasteiger charge is -2.39. The molecule has 1 saturated heterocycles. The Balaban J connectivity index is 2.04. The molecule has 1 fully saturated rings. The standard InChI is InChI=1S/C14H19FN2O/c1-10-8-16-9-11(2)17(10)14(18)7-12-3-5-13(15)6-4-12/h3-6,10-11,16H,7-9H2,1-2H3. The maximum absolute atomic E-state index is 12.8. The molecule has 2 atom stereocenters. The molecule has 2 rings (SSSR count). The lowest BCUT2D eigenvalue weighted by atomic mass is 10.1. The molecular weight excluding hydrogens is 231 g/mol. The number of hydrogen-bond acceptors (Lipinski definition) is 2. The van der Waals surface area contributed by atoms with Gasteiger partial charge in [-0.25, -0.2) is 4.39 Å². The van der Waals surface area contributed by atoms with Gasteiger partial charge in [0.15, 0.2) is 0 Å². The van der Waals surface area contributed by atoms with Gasteiger partial charge in [-0.3, -0.25) is 4.79 Å². The molecule has 0 radical (unpaired) electrons. The number of carbonyl (C=O) groups excluding carboxylic acids is 1. The van der Waals surface area contributed by atoms with Crippen LogP contribution in [0.25, 0.3) is 0 Å². The highest BCUT2D eigenvalue weighted by Crippen LogP contribution is 2.13. The van der Waals surface area contributed by atoms with Crippen molar-refractivity contribution in [1.82, 2.24) is 10.2 Å². The van der Waals surface area contributed by atoms with Gasteiger partial charge in [0.05, 0.1) is 6.42 Å². The minimum absolute atomic E-state index is 0.114. The van der Waals surface area contributed by atoms with Crippen LogP contribution in [0.1, 0.15) is 19.4 Å². The quantitative estimate of drug-likeness (QED) is 0.864. The SMILES string of the molecule is CC1CNCC(C)N1C(=O)Cc1ccc(F)cc1. The average Bonchev–Trinajstić information content (AvgIpc) is 2.32. The predicted molar refractivity (Wildman–Crippen MR) is 68.7 cm³/mol. The number of piperazine rings is 1. The molecule has 18 heavy (non-hydrogen) atoms. The van der Waals surface area contributed by atoms with Gasteiger partial charge in [-0.05, 0) is 31.5 Å². The van der Waals surface area contributed by atoms with Gasteiger partial charge in [-0.15, -0.1) is 0 Å². The Hall–Kier alpha value is -1.42. The largest absolute Gasteiger partial charge is 0.334 e. The van der Waals surface area contributed by atoms with Crippen LogP contribution in [0.5, 0.6) is 0 Å². The zero-order valence-electron chi connectivity index (χ0n) is 10.8. The van der Waals surface area contributed by atoms with E-state index in [9.17, 15) is 9.18 Å². The zero-order chi connectivity index (χ0) is 13.1. The molecule has 0 aromatic heterocycles. The van der Waals surface area contributed by atoms with Gasteiger partial charge in [0.1, 0.15) is 5.82 Å². The van der Waals surface area contributed by atoms with E-state index >= 15 is 0 Å². The van der Waals surface area contributed by atoms with Gasteiger partial charge < -0.3 is 10.2 Å². The van der Waals surface area contributed by atoms with Gasteiger partial charge in [-0.1, -0.05) is 12.1 Å². The number of amides is 1. The number of halogens is 1. The van der Waals surface area contributed by atoms with E-state index in [1.54, 1.807) is 12.1 Å². The first-order valence-electron chi connectivity index (χ1n) is 6.34. The molecule has 98 valence electrons. The van der Waals surface area contributed by atoms with E-state index in [0.717, 1.165) is 18.7 Å². The van der Waals surface area contributed by atoms with E-state index in [1.165, 1.54) is 12.1 Å². The van der Waals surface area contributed by atoms with E-state index in [2.05, 4.69) is 5.32 Å². The van der Waals surface area contributed by atoms with Crippen LogP contribution >= 0.6 is 0 Å². The van der Waals surface area contributed by atoms with Crippen LogP contribution in [0.4, 0.5) is 4.39 Å². The summed E-state index contributed by atoms with van der Waals surface area (Å²) in [5, 5.41) is 3.30. The van der Waals surface area contributed by atoms with Crippen LogP contribution in [0.15, 0.2) is 24.3 Å². The maximum Gasteiger partial charge on any atom is 0.227 e. The van der Waals surface area contributed by atoms with Crippen LogP contribution in [-0.4, -0.2) is 36.0 Å². The van der Waals surface area contributed by atoms with Crippen molar-refractivity contribution in [3.63, 3.8) is 0 Å². The topological polar surface area (TPSA) is 32.3 Å². The van der Waals surface area contributed by atoms with Crippen molar-refractivity contribution < 1.29 is 9.18 Å². The summed E-state index contributed by atoms with van der Waals surface area (Å²) in [6, 6.07) is 6.55. The first-order valence-corrected chi connectivity index (χ1v) is 6.34. The first-order chi connectivity index (χ1) is 8.58. The highest BCUT2D eigenvalue weighted by atomic mass is 19.1. The van der Waals surface area contributed by atoms with Crippen molar-refractivity contribution in [2.24, 2.45) is 0 Å². The lowest BCUT2D eigenvalue weighted by Crippen LogP contribution is -2.57. The fourth-order valence-corrected chi connectivity index (χ4v) is 2.49. The molecule has 1 aromatic rings. The van der Waals surface area contributed by atoms with Gasteiger partial charge in [0, 0.05) is 25.2 Å². The highest BCUT2D eigenvalue weighted by molar-refractivity contribution is 5.79. The Morgan fingerprint density at radius 2 is 1.83 bits per heavy atom. The third-order valence-corrected chi connectivity index (χ3v) is 3.39. The van der Waals surface area contributed by atoms with Gasteiger partial charge >= 0.3 is 0 Å². The Bertz CT molecular complexity index is 408. The molecule has 0 spiro atoms. The Labute approximate surface area is 107 Å². The Morgan fingerprint density at radius 3 is 2.39 bits per heavy atom.